The van der Waals surface area contributed by atoms with Crippen molar-refractivity contribution in [3.05, 3.63) is 93.7 Å². The molecule has 3 aromatic carbocycles. The van der Waals surface area contributed by atoms with E-state index in [1.165, 1.54) is 34.9 Å². The van der Waals surface area contributed by atoms with Gasteiger partial charge in [-0.3, -0.25) is 4.99 Å². The van der Waals surface area contributed by atoms with Crippen molar-refractivity contribution in [2.75, 3.05) is 0 Å². The molecule has 1 fully saturated rings. The van der Waals surface area contributed by atoms with Gasteiger partial charge in [0.1, 0.15) is 17.6 Å². The van der Waals surface area contributed by atoms with Gasteiger partial charge in [0.25, 0.3) is 0 Å². The van der Waals surface area contributed by atoms with E-state index in [0.717, 1.165) is 57.4 Å². The first-order valence-corrected chi connectivity index (χ1v) is 15.5. The predicted octanol–water partition coefficient (Wildman–Crippen LogP) is 8.92. The molecule has 44 heavy (non-hydrogen) atoms. The van der Waals surface area contributed by atoms with Gasteiger partial charge in [-0.05, 0) is 55.7 Å². The molecule has 226 valence electrons. The third-order valence-electron chi connectivity index (χ3n) is 10.1. The molecule has 0 saturated heterocycles. The fourth-order valence-corrected chi connectivity index (χ4v) is 7.61. The predicted molar refractivity (Wildman–Crippen MR) is 172 cm³/mol. The molecule has 0 unspecified atom stereocenters. The van der Waals surface area contributed by atoms with E-state index in [-0.39, 0.29) is 38.1 Å². The van der Waals surface area contributed by atoms with Gasteiger partial charge in [0, 0.05) is 28.5 Å². The fourth-order valence-electron chi connectivity index (χ4n) is 7.61. The molecule has 2 atom stereocenters. The number of aromatic nitrogens is 2. The molecule has 0 amide bonds. The quantitative estimate of drug-likeness (QED) is 0.173. The molecule has 8 rings (SSSR count). The summed E-state index contributed by atoms with van der Waals surface area (Å²) in [7, 11) is 0. The van der Waals surface area contributed by atoms with Crippen LogP contribution in [-0.2, 0) is 31.2 Å². The van der Waals surface area contributed by atoms with Crippen molar-refractivity contribution < 1.29 is 30.5 Å². The summed E-state index contributed by atoms with van der Waals surface area (Å²) in [6, 6.07) is 20.6. The Hall–Kier alpha value is -3.43. The van der Waals surface area contributed by atoms with Crippen molar-refractivity contribution in [1.82, 2.24) is 9.55 Å². The minimum atomic E-state index is -0.210. The Morgan fingerprint density at radius 2 is 1.68 bits per heavy atom. The summed E-state index contributed by atoms with van der Waals surface area (Å²) < 4.78 is 15.4. The second-order valence-electron chi connectivity index (χ2n) is 13.7. The zero-order valence-corrected chi connectivity index (χ0v) is 28.7. The minimum Gasteiger partial charge on any atom is -0.514 e. The zero-order valence-electron chi connectivity index (χ0n) is 26.4. The van der Waals surface area contributed by atoms with Crippen LogP contribution in [0.5, 0.6) is 11.5 Å². The van der Waals surface area contributed by atoms with Gasteiger partial charge in [0.15, 0.2) is 0 Å². The number of pyridine rings is 1. The average molecular weight is 763 g/mol. The third kappa shape index (κ3) is 4.15. The summed E-state index contributed by atoms with van der Waals surface area (Å²) in [4.78, 5) is 10.0. The van der Waals surface area contributed by atoms with Gasteiger partial charge in [-0.25, -0.2) is 4.98 Å². The number of nitrogens with zero attached hydrogens (tertiary/aromatic N) is 3. The fraction of sp³-hybridized carbons (Fsp3) is 0.368. The van der Waals surface area contributed by atoms with Gasteiger partial charge in [0.2, 0.25) is 0 Å². The summed E-state index contributed by atoms with van der Waals surface area (Å²) in [5, 5.41) is 2.38. The molecule has 0 spiro atoms. The molecule has 4 heterocycles. The van der Waals surface area contributed by atoms with Crippen LogP contribution in [0.1, 0.15) is 85.4 Å². The first-order valence-electron chi connectivity index (χ1n) is 15.5. The molecule has 1 saturated carbocycles. The van der Waals surface area contributed by atoms with E-state index in [1.54, 1.807) is 0 Å². The Labute approximate surface area is 274 Å². The van der Waals surface area contributed by atoms with Crippen molar-refractivity contribution in [3.8, 4) is 17.2 Å². The Kier molecular flexibility index (Phi) is 6.68. The van der Waals surface area contributed by atoms with E-state index in [2.05, 4.69) is 102 Å². The van der Waals surface area contributed by atoms with Crippen LogP contribution in [0.4, 0.5) is 0 Å². The van der Waals surface area contributed by atoms with E-state index in [9.17, 15) is 0 Å². The van der Waals surface area contributed by atoms with Crippen LogP contribution in [-0.4, -0.2) is 27.1 Å². The second-order valence-corrected chi connectivity index (χ2v) is 13.7. The van der Waals surface area contributed by atoms with E-state index in [0.29, 0.717) is 17.4 Å². The molecule has 2 aliphatic heterocycles. The van der Waals surface area contributed by atoms with Gasteiger partial charge >= 0.3 is 21.1 Å². The molecule has 3 aliphatic rings. The van der Waals surface area contributed by atoms with Crippen LogP contribution in [0.15, 0.2) is 47.6 Å². The van der Waals surface area contributed by atoms with Crippen LogP contribution in [0.3, 0.4) is 0 Å². The summed E-state index contributed by atoms with van der Waals surface area (Å²) >= 11 is 0. The maximum absolute atomic E-state index is 6.71. The van der Waals surface area contributed by atoms with Crippen LogP contribution in [0.25, 0.3) is 27.6 Å². The van der Waals surface area contributed by atoms with Gasteiger partial charge < -0.3 is 14.0 Å². The van der Waals surface area contributed by atoms with Crippen LogP contribution >= 0.6 is 0 Å². The molecule has 0 N–H and O–H groups in total. The number of hydrogen-bond acceptors (Lipinski definition) is 4. The number of aryl methyl sites for hydroxylation is 4. The second kappa shape index (κ2) is 10.0. The van der Waals surface area contributed by atoms with E-state index in [4.69, 9.17) is 19.5 Å². The molecule has 1 aliphatic carbocycles. The van der Waals surface area contributed by atoms with Crippen molar-refractivity contribution in [2.24, 2.45) is 4.99 Å². The van der Waals surface area contributed by atoms with Gasteiger partial charge in [0.05, 0.1) is 11.1 Å². The van der Waals surface area contributed by atoms with Crippen LogP contribution < -0.4 is 4.74 Å². The largest absolute Gasteiger partial charge is 2.00 e. The Morgan fingerprint density at radius 1 is 0.909 bits per heavy atom. The number of hydrogen-bond donors (Lipinski definition) is 0. The SMILES string of the molecule is Cc1cnc2c(c1)c1cccc3c1n2-c1[c-]c(Oc2[c-]c(C4=N[C@@]5(C)CCCC[C@@H]5O4)c(C)cc2C)c(C)cc1C3(C)C.[Pt+2]. The normalized spacial score (nSPS) is 21.3. The topological polar surface area (TPSA) is 48.6 Å². The van der Waals surface area contributed by atoms with Crippen molar-refractivity contribution >= 4 is 27.8 Å². The van der Waals surface area contributed by atoms with Crippen molar-refractivity contribution in [2.45, 2.75) is 91.2 Å². The van der Waals surface area contributed by atoms with E-state index >= 15 is 0 Å². The average Bonchev–Trinajstić information content (AvgIpc) is 3.49. The number of benzene rings is 3. The van der Waals surface area contributed by atoms with Gasteiger partial charge in [-0.15, -0.1) is 28.8 Å². The third-order valence-corrected chi connectivity index (χ3v) is 10.1. The Morgan fingerprint density at radius 3 is 2.48 bits per heavy atom. The summed E-state index contributed by atoms with van der Waals surface area (Å²) in [6.07, 6.45) is 6.60. The number of aliphatic imine (C=N–C) groups is 1. The number of ether oxygens (including phenoxy) is 2. The molecule has 0 bridgehead atoms. The van der Waals surface area contributed by atoms with E-state index < -0.39 is 0 Å². The summed E-state index contributed by atoms with van der Waals surface area (Å²) in [5.41, 5.74) is 10.5. The first kappa shape index (κ1) is 29.3. The Bertz CT molecular complexity index is 2040. The summed E-state index contributed by atoms with van der Waals surface area (Å²) in [5.74, 6) is 2.07. The maximum Gasteiger partial charge on any atom is 2.00 e. The van der Waals surface area contributed by atoms with Crippen molar-refractivity contribution in [3.63, 3.8) is 0 Å². The minimum absolute atomic E-state index is 0. The number of para-hydroxylation sites is 1. The smallest absolute Gasteiger partial charge is 0.514 e. The molecule has 0 radical (unpaired) electrons. The standard InChI is InChI=1S/C38H37N3O2.Pt/c1-21-15-27-25-11-10-12-28-34(25)41(35(27)39-20-21)30-19-32(24(4)17-29(30)37(28,5)6)42-31-18-26(22(2)16-23(31)3)36-40-38(7)14-9-8-13-33(38)43-36;/h10-12,15-17,20,33H,8-9,13-14H2,1-7H3;/q-2;+2/t33-,38-;/m0./s1. The molecule has 2 aromatic heterocycles. The number of fused-ring (bicyclic) bond motifs is 6. The van der Waals surface area contributed by atoms with Gasteiger partial charge in [-0.2, -0.15) is 6.07 Å². The first-order chi connectivity index (χ1) is 20.5. The molecular weight excluding hydrogens is 726 g/mol. The number of rotatable bonds is 3. The van der Waals surface area contributed by atoms with Gasteiger partial charge in [-0.1, -0.05) is 82.1 Å². The molecule has 5 nitrogen and oxygen atoms in total. The Balaban J connectivity index is 0.00000312. The molecular formula is C38H37N3O2Pt. The van der Waals surface area contributed by atoms with E-state index in [1.807, 2.05) is 6.20 Å². The molecule has 6 heteroatoms. The van der Waals surface area contributed by atoms with Crippen LogP contribution in [0, 0.1) is 39.8 Å². The maximum atomic E-state index is 6.71. The zero-order chi connectivity index (χ0) is 29.8. The van der Waals surface area contributed by atoms with Crippen LogP contribution in [0.2, 0.25) is 0 Å². The monoisotopic (exact) mass is 762 g/mol. The molecule has 5 aromatic rings. The van der Waals surface area contributed by atoms with Crippen molar-refractivity contribution in [1.29, 1.82) is 0 Å². The summed E-state index contributed by atoms with van der Waals surface area (Å²) in [6.45, 7) is 15.2.